The molecular weight excluding hydrogens is 252 g/mol. The number of primary amides is 4. The van der Waals surface area contributed by atoms with Gasteiger partial charge < -0.3 is 22.9 Å². The molecule has 0 atom stereocenters. The predicted molar refractivity (Wildman–Crippen MR) is 67.0 cm³/mol. The molecular formula is C11H14N4O4. The normalized spacial score (nSPS) is 8.89. The van der Waals surface area contributed by atoms with Crippen LogP contribution >= 0.6 is 0 Å². The van der Waals surface area contributed by atoms with E-state index in [9.17, 15) is 14.4 Å². The molecule has 8 N–H and O–H groups in total. The number of nitrogens with two attached hydrogens (primary N) is 4. The highest BCUT2D eigenvalue weighted by atomic mass is 16.2. The molecule has 0 aromatic heterocycles. The summed E-state index contributed by atoms with van der Waals surface area (Å²) in [6.45, 7) is 1.58. The first kappa shape index (κ1) is 16.1. The summed E-state index contributed by atoms with van der Waals surface area (Å²) in [6.07, 6.45) is 0.250. The van der Waals surface area contributed by atoms with Gasteiger partial charge in [0, 0.05) is 5.56 Å². The van der Waals surface area contributed by atoms with Crippen LogP contribution in [0.25, 0.3) is 0 Å². The molecule has 0 aliphatic heterocycles. The van der Waals surface area contributed by atoms with E-state index in [1.807, 2.05) is 0 Å². The Morgan fingerprint density at radius 1 is 0.895 bits per heavy atom. The molecule has 0 aliphatic carbocycles. The molecule has 0 aliphatic rings. The molecule has 0 spiro atoms. The number of hydrogen-bond acceptors (Lipinski definition) is 4. The summed E-state index contributed by atoms with van der Waals surface area (Å²) in [7, 11) is 0. The molecule has 0 fully saturated rings. The molecule has 0 bridgehead atoms. The largest absolute Gasteiger partial charge is 0.372 e. The van der Waals surface area contributed by atoms with Crippen LogP contribution in [0.1, 0.15) is 36.6 Å². The van der Waals surface area contributed by atoms with Crippen molar-refractivity contribution in [1.29, 1.82) is 0 Å². The van der Waals surface area contributed by atoms with Gasteiger partial charge in [0.1, 0.15) is 0 Å². The second-order valence-electron chi connectivity index (χ2n) is 3.44. The zero-order valence-electron chi connectivity index (χ0n) is 10.2. The SMILES string of the molecule is Cc1cc(C(N)=O)c(C(N)=O)cc1C(N)=O.NC=O. The Morgan fingerprint density at radius 2 is 1.21 bits per heavy atom. The number of amides is 4. The zero-order chi connectivity index (χ0) is 15.2. The summed E-state index contributed by atoms with van der Waals surface area (Å²) in [6, 6.07) is 2.50. The van der Waals surface area contributed by atoms with E-state index in [1.165, 1.54) is 12.1 Å². The Kier molecular flexibility index (Phi) is 5.71. The second kappa shape index (κ2) is 6.74. The third kappa shape index (κ3) is 4.11. The minimum absolute atomic E-state index is 0.0185. The Bertz CT molecular complexity index is 540. The van der Waals surface area contributed by atoms with Crippen molar-refractivity contribution in [3.05, 3.63) is 34.4 Å². The number of rotatable bonds is 3. The average Bonchev–Trinajstić information content (AvgIpc) is 2.28. The molecule has 0 saturated heterocycles. The molecule has 1 aromatic rings. The predicted octanol–water partition coefficient (Wildman–Crippen LogP) is -1.61. The minimum Gasteiger partial charge on any atom is -0.372 e. The number of carbonyl (C=O) groups is 4. The van der Waals surface area contributed by atoms with Crippen LogP contribution in [0.5, 0.6) is 0 Å². The van der Waals surface area contributed by atoms with Crippen LogP contribution in [-0.4, -0.2) is 24.1 Å². The number of aryl methyl sites for hydroxylation is 1. The number of hydrogen-bond donors (Lipinski definition) is 4. The molecule has 0 heterocycles. The molecule has 0 saturated carbocycles. The van der Waals surface area contributed by atoms with Crippen LogP contribution in [-0.2, 0) is 4.79 Å². The highest BCUT2D eigenvalue weighted by molar-refractivity contribution is 6.08. The summed E-state index contributed by atoms with van der Waals surface area (Å²) in [5.74, 6) is -2.32. The second-order valence-corrected chi connectivity index (χ2v) is 3.44. The van der Waals surface area contributed by atoms with Crippen molar-refractivity contribution in [1.82, 2.24) is 0 Å². The van der Waals surface area contributed by atoms with Crippen molar-refractivity contribution in [2.24, 2.45) is 22.9 Å². The van der Waals surface area contributed by atoms with Gasteiger partial charge in [-0.25, -0.2) is 0 Å². The summed E-state index contributed by atoms with van der Waals surface area (Å²) < 4.78 is 0. The van der Waals surface area contributed by atoms with Gasteiger partial charge in [-0.15, -0.1) is 0 Å². The lowest BCUT2D eigenvalue weighted by atomic mass is 9.98. The van der Waals surface area contributed by atoms with E-state index in [4.69, 9.17) is 22.0 Å². The summed E-state index contributed by atoms with van der Waals surface area (Å²) >= 11 is 0. The van der Waals surface area contributed by atoms with Crippen molar-refractivity contribution in [2.45, 2.75) is 6.92 Å². The van der Waals surface area contributed by atoms with Gasteiger partial charge in [-0.2, -0.15) is 0 Å². The average molecular weight is 266 g/mol. The fourth-order valence-electron chi connectivity index (χ4n) is 1.38. The maximum absolute atomic E-state index is 11.1. The lowest BCUT2D eigenvalue weighted by molar-refractivity contribution is -0.106. The van der Waals surface area contributed by atoms with Gasteiger partial charge in [-0.05, 0) is 24.6 Å². The monoisotopic (exact) mass is 266 g/mol. The summed E-state index contributed by atoms with van der Waals surface area (Å²) in [5, 5.41) is 0. The summed E-state index contributed by atoms with van der Waals surface area (Å²) in [5.41, 5.74) is 19.9. The molecule has 19 heavy (non-hydrogen) atoms. The zero-order valence-corrected chi connectivity index (χ0v) is 10.2. The maximum atomic E-state index is 11.1. The van der Waals surface area contributed by atoms with E-state index >= 15 is 0 Å². The molecule has 1 rings (SSSR count). The van der Waals surface area contributed by atoms with Gasteiger partial charge in [0.25, 0.3) is 0 Å². The molecule has 1 aromatic carbocycles. The van der Waals surface area contributed by atoms with Gasteiger partial charge in [0.05, 0.1) is 11.1 Å². The van der Waals surface area contributed by atoms with Crippen LogP contribution in [0.2, 0.25) is 0 Å². The van der Waals surface area contributed by atoms with Gasteiger partial charge in [-0.3, -0.25) is 19.2 Å². The highest BCUT2D eigenvalue weighted by Crippen LogP contribution is 2.16. The lowest BCUT2D eigenvalue weighted by Crippen LogP contribution is -2.23. The molecule has 102 valence electrons. The smallest absolute Gasteiger partial charge is 0.249 e. The first-order chi connectivity index (χ1) is 8.76. The van der Waals surface area contributed by atoms with E-state index < -0.39 is 17.7 Å². The lowest BCUT2D eigenvalue weighted by Gasteiger charge is -2.08. The van der Waals surface area contributed by atoms with E-state index in [-0.39, 0.29) is 23.1 Å². The van der Waals surface area contributed by atoms with Crippen LogP contribution in [0.15, 0.2) is 12.1 Å². The fourth-order valence-corrected chi connectivity index (χ4v) is 1.38. The van der Waals surface area contributed by atoms with Gasteiger partial charge in [0.2, 0.25) is 24.1 Å². The molecule has 0 radical (unpaired) electrons. The minimum atomic E-state index is -0.837. The summed E-state index contributed by atoms with van der Waals surface area (Å²) in [4.78, 5) is 41.7. The van der Waals surface area contributed by atoms with E-state index in [2.05, 4.69) is 5.73 Å². The van der Waals surface area contributed by atoms with E-state index in [0.29, 0.717) is 5.56 Å². The Labute approximate surface area is 108 Å². The first-order valence-electron chi connectivity index (χ1n) is 4.95. The van der Waals surface area contributed by atoms with Crippen molar-refractivity contribution in [2.75, 3.05) is 0 Å². The third-order valence-electron chi connectivity index (χ3n) is 2.16. The van der Waals surface area contributed by atoms with Crippen LogP contribution < -0.4 is 22.9 Å². The third-order valence-corrected chi connectivity index (χ3v) is 2.16. The van der Waals surface area contributed by atoms with Crippen molar-refractivity contribution >= 4 is 24.1 Å². The number of benzene rings is 1. The molecule has 4 amide bonds. The molecule has 8 heteroatoms. The van der Waals surface area contributed by atoms with Crippen molar-refractivity contribution < 1.29 is 19.2 Å². The quantitative estimate of drug-likeness (QED) is 0.482. The van der Waals surface area contributed by atoms with Crippen LogP contribution in [0.3, 0.4) is 0 Å². The molecule has 0 unspecified atom stereocenters. The fraction of sp³-hybridized carbons (Fsp3) is 0.0909. The van der Waals surface area contributed by atoms with Gasteiger partial charge >= 0.3 is 0 Å². The van der Waals surface area contributed by atoms with Crippen LogP contribution in [0.4, 0.5) is 0 Å². The van der Waals surface area contributed by atoms with Gasteiger partial charge in [0.15, 0.2) is 0 Å². The standard InChI is InChI=1S/C10H11N3O3.CH3NO/c1-4-2-6(9(12)15)7(10(13)16)3-5(4)8(11)14;2-1-3/h2-3H,1H3,(H2,11,14)(H2,12,15)(H2,13,16);1H,(H2,2,3). The molecule has 8 nitrogen and oxygen atoms in total. The maximum Gasteiger partial charge on any atom is 0.249 e. The van der Waals surface area contributed by atoms with Crippen molar-refractivity contribution in [3.63, 3.8) is 0 Å². The first-order valence-corrected chi connectivity index (χ1v) is 4.95. The Morgan fingerprint density at radius 3 is 1.53 bits per heavy atom. The Hall–Kier alpha value is -2.90. The van der Waals surface area contributed by atoms with Crippen molar-refractivity contribution in [3.8, 4) is 0 Å². The van der Waals surface area contributed by atoms with Gasteiger partial charge in [-0.1, -0.05) is 0 Å². The van der Waals surface area contributed by atoms with Crippen LogP contribution in [0, 0.1) is 6.92 Å². The Balaban J connectivity index is 0.000000982. The number of carbonyl (C=O) groups excluding carboxylic acids is 4. The highest BCUT2D eigenvalue weighted by Gasteiger charge is 2.17. The topological polar surface area (TPSA) is 172 Å². The van der Waals surface area contributed by atoms with E-state index in [0.717, 1.165) is 0 Å². The van der Waals surface area contributed by atoms with E-state index in [1.54, 1.807) is 6.92 Å².